The zero-order valence-electron chi connectivity index (χ0n) is 8.41. The molecule has 0 aliphatic heterocycles. The largest absolute Gasteiger partial charge is 0.348 e. The highest BCUT2D eigenvalue weighted by atomic mass is 79.9. The lowest BCUT2D eigenvalue weighted by Crippen LogP contribution is -2.07. The van der Waals surface area contributed by atoms with Gasteiger partial charge in [0.05, 0.1) is 11.7 Å². The molecule has 0 atom stereocenters. The first-order valence-corrected chi connectivity index (χ1v) is 5.25. The van der Waals surface area contributed by atoms with Crippen molar-refractivity contribution < 1.29 is 4.79 Å². The van der Waals surface area contributed by atoms with Gasteiger partial charge in [-0.15, -0.1) is 0 Å². The number of anilines is 1. The molecule has 1 N–H and O–H groups in total. The number of halogens is 1. The van der Waals surface area contributed by atoms with E-state index in [1.807, 2.05) is 23.9 Å². The van der Waals surface area contributed by atoms with Crippen LogP contribution in [0.15, 0.2) is 22.9 Å². The Morgan fingerprint density at radius 3 is 3.00 bits per heavy atom. The van der Waals surface area contributed by atoms with E-state index in [0.717, 1.165) is 15.4 Å². The predicted molar refractivity (Wildman–Crippen MR) is 62.7 cm³/mol. The van der Waals surface area contributed by atoms with E-state index in [4.69, 9.17) is 0 Å². The molecule has 2 rings (SSSR count). The molecule has 0 radical (unpaired) electrons. The molecule has 0 spiro atoms. The summed E-state index contributed by atoms with van der Waals surface area (Å²) in [4.78, 5) is 15.0. The van der Waals surface area contributed by atoms with Gasteiger partial charge in [0.15, 0.2) is 0 Å². The van der Waals surface area contributed by atoms with Gasteiger partial charge in [0.2, 0.25) is 5.91 Å². The number of carbonyl (C=O) groups is 1. The molecule has 0 saturated carbocycles. The van der Waals surface area contributed by atoms with Crippen LogP contribution in [-0.2, 0) is 11.8 Å². The molecule has 78 valence electrons. The van der Waals surface area contributed by atoms with Crippen molar-refractivity contribution in [2.45, 2.75) is 6.92 Å². The summed E-state index contributed by atoms with van der Waals surface area (Å²) < 4.78 is 2.97. The zero-order valence-corrected chi connectivity index (χ0v) is 10.00. The average Bonchev–Trinajstić information content (AvgIpc) is 2.41. The molecule has 0 saturated heterocycles. The fourth-order valence-corrected chi connectivity index (χ4v) is 2.10. The molecule has 0 aromatic carbocycles. The number of carbonyl (C=O) groups excluding carboxylic acids is 1. The second-order valence-corrected chi connectivity index (χ2v) is 4.21. The summed E-state index contributed by atoms with van der Waals surface area (Å²) in [5, 5.41) is 3.69. The van der Waals surface area contributed by atoms with Crippen LogP contribution in [0.3, 0.4) is 0 Å². The summed E-state index contributed by atoms with van der Waals surface area (Å²) in [5.41, 5.74) is 1.02. The molecule has 0 fully saturated rings. The molecule has 0 unspecified atom stereocenters. The van der Waals surface area contributed by atoms with E-state index in [9.17, 15) is 4.79 Å². The van der Waals surface area contributed by atoms with Gasteiger partial charge >= 0.3 is 0 Å². The van der Waals surface area contributed by atoms with Crippen LogP contribution in [0.2, 0.25) is 0 Å². The van der Waals surface area contributed by atoms with Crippen LogP contribution >= 0.6 is 15.9 Å². The van der Waals surface area contributed by atoms with E-state index < -0.39 is 0 Å². The van der Waals surface area contributed by atoms with Crippen LogP contribution in [0.1, 0.15) is 6.92 Å². The summed E-state index contributed by atoms with van der Waals surface area (Å²) in [7, 11) is 1.95. The minimum Gasteiger partial charge on any atom is -0.348 e. The van der Waals surface area contributed by atoms with Crippen molar-refractivity contribution in [3.8, 4) is 0 Å². The lowest BCUT2D eigenvalue weighted by molar-refractivity contribution is -0.114. The molecule has 0 bridgehead atoms. The van der Waals surface area contributed by atoms with Crippen LogP contribution in [-0.4, -0.2) is 15.5 Å². The van der Waals surface area contributed by atoms with E-state index in [-0.39, 0.29) is 5.91 Å². The average molecular weight is 268 g/mol. The number of fused-ring (bicyclic) bond motifs is 1. The van der Waals surface area contributed by atoms with Crippen LogP contribution in [0.5, 0.6) is 0 Å². The lowest BCUT2D eigenvalue weighted by Gasteiger charge is -2.01. The molecule has 1 amide bonds. The van der Waals surface area contributed by atoms with Crippen molar-refractivity contribution in [3.05, 3.63) is 22.9 Å². The second-order valence-electron chi connectivity index (χ2n) is 3.36. The maximum absolute atomic E-state index is 10.9. The SMILES string of the molecule is CC(=O)Nc1cc2c(Br)cn(C)c2cn1. The van der Waals surface area contributed by atoms with Crippen LogP contribution < -0.4 is 5.32 Å². The van der Waals surface area contributed by atoms with Gasteiger partial charge in [-0.05, 0) is 22.0 Å². The molecule has 2 aromatic rings. The summed E-state index contributed by atoms with van der Waals surface area (Å²) in [5.74, 6) is 0.454. The molecular formula is C10H10BrN3O. The Morgan fingerprint density at radius 1 is 1.60 bits per heavy atom. The minimum absolute atomic E-state index is 0.117. The molecule has 2 heterocycles. The number of hydrogen-bond acceptors (Lipinski definition) is 2. The van der Waals surface area contributed by atoms with Gasteiger partial charge in [-0.25, -0.2) is 4.98 Å². The maximum Gasteiger partial charge on any atom is 0.222 e. The quantitative estimate of drug-likeness (QED) is 0.862. The van der Waals surface area contributed by atoms with Gasteiger partial charge in [-0.3, -0.25) is 4.79 Å². The Balaban J connectivity index is 2.55. The fraction of sp³-hybridized carbons (Fsp3) is 0.200. The topological polar surface area (TPSA) is 46.9 Å². The Hall–Kier alpha value is -1.36. The van der Waals surface area contributed by atoms with Crippen LogP contribution in [0, 0.1) is 0 Å². The first-order valence-electron chi connectivity index (χ1n) is 4.46. The third kappa shape index (κ3) is 1.87. The molecule has 0 aliphatic carbocycles. The van der Waals surface area contributed by atoms with Gasteiger partial charge in [-0.1, -0.05) is 0 Å². The lowest BCUT2D eigenvalue weighted by atomic mass is 10.3. The monoisotopic (exact) mass is 267 g/mol. The second kappa shape index (κ2) is 3.66. The maximum atomic E-state index is 10.9. The van der Waals surface area contributed by atoms with E-state index >= 15 is 0 Å². The number of nitrogens with zero attached hydrogens (tertiary/aromatic N) is 2. The molecular weight excluding hydrogens is 258 g/mol. The Kier molecular flexibility index (Phi) is 2.48. The van der Waals surface area contributed by atoms with Gasteiger partial charge in [-0.2, -0.15) is 0 Å². The van der Waals surface area contributed by atoms with Crippen LogP contribution in [0.4, 0.5) is 5.82 Å². The Bertz CT molecular complexity index is 533. The number of hydrogen-bond donors (Lipinski definition) is 1. The fourth-order valence-electron chi connectivity index (χ4n) is 1.48. The normalized spacial score (nSPS) is 10.6. The molecule has 5 heteroatoms. The number of aryl methyl sites for hydroxylation is 1. The first-order chi connectivity index (χ1) is 7.08. The van der Waals surface area contributed by atoms with Crippen molar-refractivity contribution >= 4 is 38.6 Å². The highest BCUT2D eigenvalue weighted by molar-refractivity contribution is 9.10. The van der Waals surface area contributed by atoms with E-state index in [2.05, 4.69) is 26.2 Å². The molecule has 15 heavy (non-hydrogen) atoms. The molecule has 0 aliphatic rings. The van der Waals surface area contributed by atoms with E-state index in [1.165, 1.54) is 6.92 Å². The van der Waals surface area contributed by atoms with Crippen molar-refractivity contribution in [3.63, 3.8) is 0 Å². The summed E-state index contributed by atoms with van der Waals surface area (Å²) in [6, 6.07) is 1.85. The van der Waals surface area contributed by atoms with Crippen molar-refractivity contribution in [2.75, 3.05) is 5.32 Å². The van der Waals surface area contributed by atoms with Crippen molar-refractivity contribution in [1.82, 2.24) is 9.55 Å². The van der Waals surface area contributed by atoms with Crippen molar-refractivity contribution in [2.24, 2.45) is 7.05 Å². The Labute approximate surface area is 95.4 Å². The number of nitrogens with one attached hydrogen (secondary N) is 1. The molecule has 4 nitrogen and oxygen atoms in total. The summed E-state index contributed by atoms with van der Waals surface area (Å²) in [6.45, 7) is 1.46. The smallest absolute Gasteiger partial charge is 0.222 e. The van der Waals surface area contributed by atoms with Crippen molar-refractivity contribution in [1.29, 1.82) is 0 Å². The highest BCUT2D eigenvalue weighted by Gasteiger charge is 2.06. The minimum atomic E-state index is -0.117. The standard InChI is InChI=1S/C10H10BrN3O/c1-6(15)13-10-3-7-8(11)5-14(2)9(7)4-12-10/h3-5H,1-2H3,(H,12,13,15). The zero-order chi connectivity index (χ0) is 11.0. The van der Waals surface area contributed by atoms with Gasteiger partial charge in [0, 0.05) is 30.0 Å². The number of rotatable bonds is 1. The summed E-state index contributed by atoms with van der Waals surface area (Å²) in [6.07, 6.45) is 3.70. The third-order valence-corrected chi connectivity index (χ3v) is 2.76. The Morgan fingerprint density at radius 2 is 2.33 bits per heavy atom. The predicted octanol–water partition coefficient (Wildman–Crippen LogP) is 2.29. The van der Waals surface area contributed by atoms with E-state index in [0.29, 0.717) is 5.82 Å². The number of aromatic nitrogens is 2. The highest BCUT2D eigenvalue weighted by Crippen LogP contribution is 2.26. The van der Waals surface area contributed by atoms with E-state index in [1.54, 1.807) is 6.20 Å². The third-order valence-electron chi connectivity index (χ3n) is 2.13. The van der Waals surface area contributed by atoms with Gasteiger partial charge in [0.25, 0.3) is 0 Å². The van der Waals surface area contributed by atoms with Gasteiger partial charge < -0.3 is 9.88 Å². The van der Waals surface area contributed by atoms with Gasteiger partial charge in [0.1, 0.15) is 5.82 Å². The summed E-state index contributed by atoms with van der Waals surface area (Å²) >= 11 is 3.46. The molecule has 2 aromatic heterocycles. The number of amides is 1. The first kappa shape index (κ1) is 10.2. The van der Waals surface area contributed by atoms with Crippen LogP contribution in [0.25, 0.3) is 10.9 Å². The number of pyridine rings is 1.